The predicted molar refractivity (Wildman–Crippen MR) is 98.1 cm³/mol. The van der Waals surface area contributed by atoms with Crippen LogP contribution >= 0.6 is 11.3 Å². The Morgan fingerprint density at radius 2 is 1.96 bits per heavy atom. The van der Waals surface area contributed by atoms with Crippen LogP contribution in [-0.2, 0) is 16.0 Å². The number of benzene rings is 1. The molecule has 1 aromatic carbocycles. The number of carbonyl (C=O) groups excluding carboxylic acids is 2. The van der Waals surface area contributed by atoms with Crippen LogP contribution in [0.15, 0.2) is 24.3 Å². The maximum atomic E-state index is 12.4. The second kappa shape index (κ2) is 7.75. The SMILES string of the molecule is CCN(CC(=O)NC(C)(C)C)C(=O)CCc1nc2ccccc2s1. The largest absolute Gasteiger partial charge is 0.350 e. The van der Waals surface area contributed by atoms with Gasteiger partial charge in [-0.3, -0.25) is 9.59 Å². The van der Waals surface area contributed by atoms with E-state index in [1.807, 2.05) is 52.0 Å². The first-order valence-corrected chi connectivity index (χ1v) is 9.03. The van der Waals surface area contributed by atoms with E-state index < -0.39 is 0 Å². The molecule has 0 aliphatic heterocycles. The minimum atomic E-state index is -0.291. The third kappa shape index (κ3) is 5.30. The molecule has 0 saturated heterocycles. The molecule has 6 heteroatoms. The average Bonchev–Trinajstić information content (AvgIpc) is 2.91. The van der Waals surface area contributed by atoms with Crippen molar-refractivity contribution in [1.82, 2.24) is 15.2 Å². The summed E-state index contributed by atoms with van der Waals surface area (Å²) in [6.45, 7) is 8.30. The highest BCUT2D eigenvalue weighted by Crippen LogP contribution is 2.22. The molecule has 5 nitrogen and oxygen atoms in total. The lowest BCUT2D eigenvalue weighted by atomic mass is 10.1. The van der Waals surface area contributed by atoms with Crippen LogP contribution < -0.4 is 5.32 Å². The van der Waals surface area contributed by atoms with Crippen molar-refractivity contribution in [2.75, 3.05) is 13.1 Å². The molecule has 1 N–H and O–H groups in total. The third-order valence-electron chi connectivity index (χ3n) is 3.47. The fourth-order valence-electron chi connectivity index (χ4n) is 2.41. The summed E-state index contributed by atoms with van der Waals surface area (Å²) in [4.78, 5) is 30.5. The van der Waals surface area contributed by atoms with E-state index in [4.69, 9.17) is 0 Å². The molecule has 0 spiro atoms. The van der Waals surface area contributed by atoms with Crippen molar-refractivity contribution in [1.29, 1.82) is 0 Å². The van der Waals surface area contributed by atoms with Gasteiger partial charge in [-0.1, -0.05) is 12.1 Å². The number of aromatic nitrogens is 1. The van der Waals surface area contributed by atoms with Gasteiger partial charge >= 0.3 is 0 Å². The van der Waals surface area contributed by atoms with E-state index in [0.717, 1.165) is 15.2 Å². The van der Waals surface area contributed by atoms with Gasteiger partial charge in [0.15, 0.2) is 0 Å². The van der Waals surface area contributed by atoms with Crippen molar-refractivity contribution in [2.45, 2.75) is 46.1 Å². The Hall–Kier alpha value is -1.95. The first-order chi connectivity index (χ1) is 11.3. The maximum absolute atomic E-state index is 12.4. The first kappa shape index (κ1) is 18.4. The second-order valence-electron chi connectivity index (χ2n) is 6.78. The lowest BCUT2D eigenvalue weighted by molar-refractivity contribution is -0.136. The van der Waals surface area contributed by atoms with E-state index in [9.17, 15) is 9.59 Å². The summed E-state index contributed by atoms with van der Waals surface area (Å²) in [7, 11) is 0. The Labute approximate surface area is 147 Å². The molecule has 0 saturated carbocycles. The topological polar surface area (TPSA) is 62.3 Å². The van der Waals surface area contributed by atoms with Crippen LogP contribution in [0, 0.1) is 0 Å². The first-order valence-electron chi connectivity index (χ1n) is 8.21. The van der Waals surface area contributed by atoms with Gasteiger partial charge in [0, 0.05) is 24.9 Å². The van der Waals surface area contributed by atoms with E-state index in [2.05, 4.69) is 10.3 Å². The maximum Gasteiger partial charge on any atom is 0.240 e. The number of amides is 2. The Balaban J connectivity index is 1.90. The number of fused-ring (bicyclic) bond motifs is 1. The number of nitrogens with one attached hydrogen (secondary N) is 1. The van der Waals surface area contributed by atoms with Crippen LogP contribution in [0.4, 0.5) is 0 Å². The van der Waals surface area contributed by atoms with Crippen LogP contribution in [0.5, 0.6) is 0 Å². The van der Waals surface area contributed by atoms with Crippen molar-refractivity contribution < 1.29 is 9.59 Å². The van der Waals surface area contributed by atoms with Gasteiger partial charge in [0.2, 0.25) is 11.8 Å². The van der Waals surface area contributed by atoms with E-state index in [1.54, 1.807) is 16.2 Å². The lowest BCUT2D eigenvalue weighted by Gasteiger charge is -2.25. The fourth-order valence-corrected chi connectivity index (χ4v) is 3.37. The Bertz CT molecular complexity index is 685. The van der Waals surface area contributed by atoms with Gasteiger partial charge in [0.25, 0.3) is 0 Å². The zero-order valence-electron chi connectivity index (χ0n) is 14.8. The third-order valence-corrected chi connectivity index (χ3v) is 4.57. The number of nitrogens with zero attached hydrogens (tertiary/aromatic N) is 2. The van der Waals surface area contributed by atoms with E-state index in [1.165, 1.54) is 0 Å². The van der Waals surface area contributed by atoms with E-state index in [0.29, 0.717) is 19.4 Å². The highest BCUT2D eigenvalue weighted by atomic mass is 32.1. The zero-order valence-corrected chi connectivity index (χ0v) is 15.6. The van der Waals surface area contributed by atoms with Crippen molar-refractivity contribution in [3.63, 3.8) is 0 Å². The Kier molecular flexibility index (Phi) is 5.94. The second-order valence-corrected chi connectivity index (χ2v) is 7.90. The number of carbonyl (C=O) groups is 2. The quantitative estimate of drug-likeness (QED) is 0.874. The molecule has 130 valence electrons. The molecule has 0 aliphatic carbocycles. The Morgan fingerprint density at radius 1 is 1.25 bits per heavy atom. The minimum absolute atomic E-state index is 0.0131. The number of thiazole rings is 1. The molecule has 0 bridgehead atoms. The zero-order chi connectivity index (χ0) is 17.7. The molecular formula is C18H25N3O2S. The van der Waals surface area contributed by atoms with Gasteiger partial charge in [-0.05, 0) is 39.8 Å². The molecule has 1 heterocycles. The molecule has 24 heavy (non-hydrogen) atoms. The van der Waals surface area contributed by atoms with Crippen molar-refractivity contribution in [3.8, 4) is 0 Å². The van der Waals surface area contributed by atoms with Crippen LogP contribution in [0.25, 0.3) is 10.2 Å². The van der Waals surface area contributed by atoms with Crippen molar-refractivity contribution in [2.24, 2.45) is 0 Å². The highest BCUT2D eigenvalue weighted by Gasteiger charge is 2.19. The summed E-state index contributed by atoms with van der Waals surface area (Å²) < 4.78 is 1.14. The van der Waals surface area contributed by atoms with Crippen molar-refractivity contribution >= 4 is 33.4 Å². The molecule has 0 radical (unpaired) electrons. The van der Waals surface area contributed by atoms with Crippen LogP contribution in [0.1, 0.15) is 39.1 Å². The molecule has 0 unspecified atom stereocenters. The number of aryl methyl sites for hydroxylation is 1. The normalized spacial score (nSPS) is 11.5. The smallest absolute Gasteiger partial charge is 0.240 e. The summed E-state index contributed by atoms with van der Waals surface area (Å²) in [5.74, 6) is -0.140. The van der Waals surface area contributed by atoms with Crippen LogP contribution in [0.3, 0.4) is 0 Å². The van der Waals surface area contributed by atoms with Gasteiger partial charge in [-0.15, -0.1) is 11.3 Å². The summed E-state index contributed by atoms with van der Waals surface area (Å²) in [5, 5.41) is 3.85. The predicted octanol–water partition coefficient (Wildman–Crippen LogP) is 2.99. The highest BCUT2D eigenvalue weighted by molar-refractivity contribution is 7.18. The van der Waals surface area contributed by atoms with Crippen molar-refractivity contribution in [3.05, 3.63) is 29.3 Å². The minimum Gasteiger partial charge on any atom is -0.350 e. The fraction of sp³-hybridized carbons (Fsp3) is 0.500. The molecule has 0 fully saturated rings. The molecule has 2 amide bonds. The van der Waals surface area contributed by atoms with Gasteiger partial charge in [0.1, 0.15) is 0 Å². The van der Waals surface area contributed by atoms with Gasteiger partial charge in [-0.25, -0.2) is 4.98 Å². The monoisotopic (exact) mass is 347 g/mol. The van der Waals surface area contributed by atoms with Crippen LogP contribution in [0.2, 0.25) is 0 Å². The van der Waals surface area contributed by atoms with Gasteiger partial charge < -0.3 is 10.2 Å². The van der Waals surface area contributed by atoms with Gasteiger partial charge in [0.05, 0.1) is 21.8 Å². The number of hydrogen-bond acceptors (Lipinski definition) is 4. The molecule has 2 rings (SSSR count). The molecule has 2 aromatic rings. The molecule has 0 atom stereocenters. The van der Waals surface area contributed by atoms with Crippen LogP contribution in [-0.4, -0.2) is 40.3 Å². The number of likely N-dealkylation sites (N-methyl/N-ethyl adjacent to an activating group) is 1. The van der Waals surface area contributed by atoms with E-state index in [-0.39, 0.29) is 23.9 Å². The number of hydrogen-bond donors (Lipinski definition) is 1. The van der Waals surface area contributed by atoms with Gasteiger partial charge in [-0.2, -0.15) is 0 Å². The number of rotatable bonds is 6. The average molecular weight is 347 g/mol. The standard InChI is InChI=1S/C18H25N3O2S/c1-5-21(12-15(22)20-18(2,3)4)17(23)11-10-16-19-13-8-6-7-9-14(13)24-16/h6-9H,5,10-12H2,1-4H3,(H,20,22). The molecule has 0 aliphatic rings. The summed E-state index contributed by atoms with van der Waals surface area (Å²) in [6, 6.07) is 7.96. The molecular weight excluding hydrogens is 322 g/mol. The van der Waals surface area contributed by atoms with E-state index >= 15 is 0 Å². The Morgan fingerprint density at radius 3 is 2.58 bits per heavy atom. The summed E-state index contributed by atoms with van der Waals surface area (Å²) >= 11 is 1.62. The molecule has 1 aromatic heterocycles. The lowest BCUT2D eigenvalue weighted by Crippen LogP contribution is -2.47. The summed E-state index contributed by atoms with van der Waals surface area (Å²) in [6.07, 6.45) is 0.978. The summed E-state index contributed by atoms with van der Waals surface area (Å²) in [5.41, 5.74) is 0.683. The number of para-hydroxylation sites is 1.